The second-order valence-electron chi connectivity index (χ2n) is 5.06. The molecule has 16 heavy (non-hydrogen) atoms. The molecule has 92 valence electrons. The summed E-state index contributed by atoms with van der Waals surface area (Å²) in [4.78, 5) is 5.13. The molecule has 1 rings (SSSR count). The quantitative estimate of drug-likeness (QED) is 0.822. The van der Waals surface area contributed by atoms with Gasteiger partial charge in [0.25, 0.3) is 0 Å². The Morgan fingerprint density at radius 2 is 2.06 bits per heavy atom. The predicted molar refractivity (Wildman–Crippen MR) is 73.0 cm³/mol. The fraction of sp³-hybridized carbons (Fsp3) is 0.692. The molecule has 0 unspecified atom stereocenters. The lowest BCUT2D eigenvalue weighted by Gasteiger charge is -2.08. The molecule has 1 heterocycles. The van der Waals surface area contributed by atoms with Crippen LogP contribution in [0.25, 0.3) is 0 Å². The summed E-state index contributed by atoms with van der Waals surface area (Å²) in [5.74, 6) is 0.724. The minimum atomic E-state index is 0.724. The standard InChI is InChI=1S/C13H24N2S/c1-10(2)7-14-8-13-6-12(9-15(4)5)11(3)16-13/h6,10,14H,7-9H2,1-5H3. The Balaban J connectivity index is 2.49. The van der Waals surface area contributed by atoms with Crippen LogP contribution in [0.15, 0.2) is 6.07 Å². The molecular weight excluding hydrogens is 216 g/mol. The first-order valence-electron chi connectivity index (χ1n) is 5.92. The molecule has 3 heteroatoms. The van der Waals surface area contributed by atoms with Crippen LogP contribution in [0.5, 0.6) is 0 Å². The van der Waals surface area contributed by atoms with Gasteiger partial charge in [0.2, 0.25) is 0 Å². The summed E-state index contributed by atoms with van der Waals surface area (Å²) in [6, 6.07) is 2.34. The van der Waals surface area contributed by atoms with Gasteiger partial charge in [-0.3, -0.25) is 0 Å². The van der Waals surface area contributed by atoms with Crippen molar-refractivity contribution in [2.75, 3.05) is 20.6 Å². The molecule has 1 N–H and O–H groups in total. The van der Waals surface area contributed by atoms with Crippen LogP contribution in [0, 0.1) is 12.8 Å². The molecule has 0 radical (unpaired) electrons. The summed E-state index contributed by atoms with van der Waals surface area (Å²) in [5, 5.41) is 3.49. The summed E-state index contributed by atoms with van der Waals surface area (Å²) >= 11 is 1.92. The van der Waals surface area contributed by atoms with Crippen molar-refractivity contribution < 1.29 is 0 Å². The minimum Gasteiger partial charge on any atom is -0.312 e. The highest BCUT2D eigenvalue weighted by atomic mass is 32.1. The molecule has 0 bridgehead atoms. The van der Waals surface area contributed by atoms with Gasteiger partial charge in [-0.05, 0) is 45.1 Å². The molecule has 0 aromatic carbocycles. The summed E-state index contributed by atoms with van der Waals surface area (Å²) in [7, 11) is 4.24. The number of hydrogen-bond acceptors (Lipinski definition) is 3. The second-order valence-corrected chi connectivity index (χ2v) is 6.40. The van der Waals surface area contributed by atoms with Crippen molar-refractivity contribution in [1.29, 1.82) is 0 Å². The second kappa shape index (κ2) is 6.38. The molecule has 0 aliphatic heterocycles. The van der Waals surface area contributed by atoms with Crippen molar-refractivity contribution in [3.05, 3.63) is 21.4 Å². The van der Waals surface area contributed by atoms with Crippen molar-refractivity contribution in [2.45, 2.75) is 33.9 Å². The zero-order chi connectivity index (χ0) is 12.1. The van der Waals surface area contributed by atoms with E-state index in [2.05, 4.69) is 51.1 Å². The number of rotatable bonds is 6. The smallest absolute Gasteiger partial charge is 0.0300 e. The largest absolute Gasteiger partial charge is 0.312 e. The van der Waals surface area contributed by atoms with Crippen molar-refractivity contribution in [2.24, 2.45) is 5.92 Å². The van der Waals surface area contributed by atoms with Crippen LogP contribution in [0.1, 0.15) is 29.2 Å². The van der Waals surface area contributed by atoms with Crippen LogP contribution in [0.3, 0.4) is 0 Å². The number of nitrogens with zero attached hydrogens (tertiary/aromatic N) is 1. The summed E-state index contributed by atoms with van der Waals surface area (Å²) in [5.41, 5.74) is 1.47. The lowest BCUT2D eigenvalue weighted by Crippen LogP contribution is -2.18. The van der Waals surface area contributed by atoms with Crippen molar-refractivity contribution in [3.63, 3.8) is 0 Å². The first-order chi connectivity index (χ1) is 7.49. The fourth-order valence-corrected chi connectivity index (χ4v) is 2.68. The molecule has 0 aliphatic rings. The van der Waals surface area contributed by atoms with E-state index in [1.165, 1.54) is 15.3 Å². The topological polar surface area (TPSA) is 15.3 Å². The Morgan fingerprint density at radius 1 is 1.38 bits per heavy atom. The SMILES string of the molecule is Cc1sc(CNCC(C)C)cc1CN(C)C. The van der Waals surface area contributed by atoms with E-state index >= 15 is 0 Å². The Labute approximate surface area is 104 Å². The van der Waals surface area contributed by atoms with Crippen LogP contribution in [0.2, 0.25) is 0 Å². The molecule has 0 saturated carbocycles. The van der Waals surface area contributed by atoms with Gasteiger partial charge in [-0.15, -0.1) is 11.3 Å². The third-order valence-electron chi connectivity index (χ3n) is 2.41. The molecule has 0 spiro atoms. The maximum Gasteiger partial charge on any atom is 0.0300 e. The Hall–Kier alpha value is -0.380. The van der Waals surface area contributed by atoms with Gasteiger partial charge in [-0.1, -0.05) is 13.8 Å². The maximum absolute atomic E-state index is 3.49. The fourth-order valence-electron chi connectivity index (χ4n) is 1.66. The molecule has 0 amide bonds. The average Bonchev–Trinajstić information content (AvgIpc) is 2.45. The number of thiophene rings is 1. The average molecular weight is 240 g/mol. The number of nitrogens with one attached hydrogen (secondary N) is 1. The molecular formula is C13H24N2S. The Morgan fingerprint density at radius 3 is 2.62 bits per heavy atom. The molecule has 0 saturated heterocycles. The van der Waals surface area contributed by atoms with E-state index in [9.17, 15) is 0 Å². The highest BCUT2D eigenvalue weighted by Gasteiger charge is 2.06. The Bertz CT molecular complexity index is 316. The van der Waals surface area contributed by atoms with Gasteiger partial charge < -0.3 is 10.2 Å². The van der Waals surface area contributed by atoms with Gasteiger partial charge in [0, 0.05) is 22.8 Å². The molecule has 2 nitrogen and oxygen atoms in total. The zero-order valence-corrected chi connectivity index (χ0v) is 11.9. The van der Waals surface area contributed by atoms with Crippen molar-refractivity contribution in [3.8, 4) is 0 Å². The van der Waals surface area contributed by atoms with E-state index in [1.54, 1.807) is 0 Å². The number of hydrogen-bond donors (Lipinski definition) is 1. The van der Waals surface area contributed by atoms with E-state index in [1.807, 2.05) is 11.3 Å². The first kappa shape index (κ1) is 13.7. The van der Waals surface area contributed by atoms with E-state index in [-0.39, 0.29) is 0 Å². The van der Waals surface area contributed by atoms with Crippen LogP contribution in [0.4, 0.5) is 0 Å². The predicted octanol–water partition coefficient (Wildman–Crippen LogP) is 2.86. The molecule has 0 aliphatic carbocycles. The summed E-state index contributed by atoms with van der Waals surface area (Å²) < 4.78 is 0. The van der Waals surface area contributed by atoms with Crippen LogP contribution < -0.4 is 5.32 Å². The van der Waals surface area contributed by atoms with Gasteiger partial charge in [0.05, 0.1) is 0 Å². The number of aryl methyl sites for hydroxylation is 1. The molecule has 1 aromatic heterocycles. The van der Waals surface area contributed by atoms with Gasteiger partial charge in [0.15, 0.2) is 0 Å². The maximum atomic E-state index is 3.49. The minimum absolute atomic E-state index is 0.724. The highest BCUT2D eigenvalue weighted by Crippen LogP contribution is 2.22. The summed E-state index contributed by atoms with van der Waals surface area (Å²) in [6.07, 6.45) is 0. The van der Waals surface area contributed by atoms with Gasteiger partial charge in [-0.25, -0.2) is 0 Å². The van der Waals surface area contributed by atoms with Gasteiger partial charge >= 0.3 is 0 Å². The lowest BCUT2D eigenvalue weighted by atomic mass is 10.2. The summed E-state index contributed by atoms with van der Waals surface area (Å²) in [6.45, 7) is 9.85. The molecule has 1 aromatic rings. The van der Waals surface area contributed by atoms with E-state index < -0.39 is 0 Å². The monoisotopic (exact) mass is 240 g/mol. The van der Waals surface area contributed by atoms with Gasteiger partial charge in [-0.2, -0.15) is 0 Å². The van der Waals surface area contributed by atoms with Crippen molar-refractivity contribution >= 4 is 11.3 Å². The van der Waals surface area contributed by atoms with Gasteiger partial charge in [0.1, 0.15) is 0 Å². The lowest BCUT2D eigenvalue weighted by molar-refractivity contribution is 0.402. The molecule has 0 atom stereocenters. The first-order valence-corrected chi connectivity index (χ1v) is 6.74. The van der Waals surface area contributed by atoms with Crippen LogP contribution in [-0.4, -0.2) is 25.5 Å². The van der Waals surface area contributed by atoms with Crippen LogP contribution >= 0.6 is 11.3 Å². The van der Waals surface area contributed by atoms with E-state index in [0.29, 0.717) is 0 Å². The normalized spacial score (nSPS) is 11.7. The molecule has 0 fully saturated rings. The highest BCUT2D eigenvalue weighted by molar-refractivity contribution is 7.12. The third-order valence-corrected chi connectivity index (χ3v) is 3.50. The van der Waals surface area contributed by atoms with Crippen LogP contribution in [-0.2, 0) is 13.1 Å². The van der Waals surface area contributed by atoms with E-state index in [4.69, 9.17) is 0 Å². The van der Waals surface area contributed by atoms with E-state index in [0.717, 1.165) is 25.6 Å². The zero-order valence-electron chi connectivity index (χ0n) is 11.1. The Kier molecular flexibility index (Phi) is 5.46. The van der Waals surface area contributed by atoms with Crippen molar-refractivity contribution in [1.82, 2.24) is 10.2 Å². The third kappa shape index (κ3) is 4.64.